The van der Waals surface area contributed by atoms with E-state index >= 15 is 0 Å². The summed E-state index contributed by atoms with van der Waals surface area (Å²) in [6.45, 7) is 4.45. The predicted molar refractivity (Wildman–Crippen MR) is 80.8 cm³/mol. The Morgan fingerprint density at radius 3 is 2.57 bits per heavy atom. The number of pyridine rings is 1. The topological polar surface area (TPSA) is 77.2 Å². The van der Waals surface area contributed by atoms with Crippen LogP contribution in [0.15, 0.2) is 36.4 Å². The van der Waals surface area contributed by atoms with Gasteiger partial charge in [-0.05, 0) is 43.2 Å². The summed E-state index contributed by atoms with van der Waals surface area (Å²) < 4.78 is 5.81. The molecule has 0 aliphatic rings. The lowest BCUT2D eigenvalue weighted by Crippen LogP contribution is -2.29. The van der Waals surface area contributed by atoms with E-state index in [4.69, 9.17) is 10.6 Å². The number of benzene rings is 1. The molecule has 5 heteroatoms. The standard InChI is InChI=1S/C16H19N3O2/c1-3-14-15(9-4-11(2)18-14)21-10-12-5-7-13(8-6-12)16(20)19-17/h4-9H,3,10,17H2,1-2H3,(H,19,20). The number of carbonyl (C=O) groups is 1. The zero-order chi connectivity index (χ0) is 15.2. The van der Waals surface area contributed by atoms with E-state index in [-0.39, 0.29) is 5.91 Å². The van der Waals surface area contributed by atoms with Gasteiger partial charge in [0.25, 0.3) is 5.91 Å². The van der Waals surface area contributed by atoms with Gasteiger partial charge < -0.3 is 4.74 Å². The molecule has 0 saturated carbocycles. The smallest absolute Gasteiger partial charge is 0.265 e. The highest BCUT2D eigenvalue weighted by Crippen LogP contribution is 2.19. The zero-order valence-corrected chi connectivity index (χ0v) is 12.2. The number of carbonyl (C=O) groups excluding carboxylic acids is 1. The van der Waals surface area contributed by atoms with Gasteiger partial charge in [-0.2, -0.15) is 0 Å². The quantitative estimate of drug-likeness (QED) is 0.501. The normalized spacial score (nSPS) is 10.2. The van der Waals surface area contributed by atoms with Gasteiger partial charge in [-0.3, -0.25) is 15.2 Å². The average molecular weight is 285 g/mol. The fraction of sp³-hybridized carbons (Fsp3) is 0.250. The predicted octanol–water partition coefficient (Wildman–Crippen LogP) is 2.13. The summed E-state index contributed by atoms with van der Waals surface area (Å²) in [5.74, 6) is 5.58. The van der Waals surface area contributed by atoms with Crippen molar-refractivity contribution in [2.45, 2.75) is 26.9 Å². The fourth-order valence-corrected chi connectivity index (χ4v) is 1.98. The summed E-state index contributed by atoms with van der Waals surface area (Å²) in [7, 11) is 0. The van der Waals surface area contributed by atoms with E-state index in [1.165, 1.54) is 0 Å². The van der Waals surface area contributed by atoms with Gasteiger partial charge >= 0.3 is 0 Å². The molecule has 0 bridgehead atoms. The largest absolute Gasteiger partial charge is 0.487 e. The van der Waals surface area contributed by atoms with Gasteiger partial charge in [0, 0.05) is 11.3 Å². The van der Waals surface area contributed by atoms with Gasteiger partial charge in [0.05, 0.1) is 5.69 Å². The SMILES string of the molecule is CCc1nc(C)ccc1OCc1ccc(C(=O)NN)cc1. The fourth-order valence-electron chi connectivity index (χ4n) is 1.98. The number of hydrogen-bond acceptors (Lipinski definition) is 4. The number of rotatable bonds is 5. The lowest BCUT2D eigenvalue weighted by molar-refractivity contribution is 0.0953. The van der Waals surface area contributed by atoms with Crippen molar-refractivity contribution in [2.24, 2.45) is 5.84 Å². The van der Waals surface area contributed by atoms with Crippen LogP contribution in [0, 0.1) is 6.92 Å². The minimum atomic E-state index is -0.307. The molecule has 5 nitrogen and oxygen atoms in total. The lowest BCUT2D eigenvalue weighted by atomic mass is 10.1. The summed E-state index contributed by atoms with van der Waals surface area (Å²) in [5, 5.41) is 0. The third-order valence-corrected chi connectivity index (χ3v) is 3.15. The van der Waals surface area contributed by atoms with E-state index in [2.05, 4.69) is 17.3 Å². The minimum absolute atomic E-state index is 0.307. The molecule has 0 saturated heterocycles. The Hall–Kier alpha value is -2.40. The van der Waals surface area contributed by atoms with E-state index in [9.17, 15) is 4.79 Å². The van der Waals surface area contributed by atoms with Crippen LogP contribution in [0.2, 0.25) is 0 Å². The monoisotopic (exact) mass is 285 g/mol. The molecule has 1 heterocycles. The van der Waals surface area contributed by atoms with Crippen molar-refractivity contribution in [3.63, 3.8) is 0 Å². The summed E-state index contributed by atoms with van der Waals surface area (Å²) in [6, 6.07) is 11.0. The first-order chi connectivity index (χ1) is 10.1. The zero-order valence-electron chi connectivity index (χ0n) is 12.2. The summed E-state index contributed by atoms with van der Waals surface area (Å²) in [5.41, 5.74) is 5.53. The number of nitrogens with two attached hydrogens (primary N) is 1. The van der Waals surface area contributed by atoms with E-state index in [0.29, 0.717) is 12.2 Å². The molecular formula is C16H19N3O2. The van der Waals surface area contributed by atoms with E-state index < -0.39 is 0 Å². The van der Waals surface area contributed by atoms with E-state index in [1.807, 2.05) is 31.2 Å². The Labute approximate surface area is 124 Å². The first-order valence-electron chi connectivity index (χ1n) is 6.83. The van der Waals surface area contributed by atoms with Crippen molar-refractivity contribution in [2.75, 3.05) is 0 Å². The van der Waals surface area contributed by atoms with Crippen LogP contribution < -0.4 is 16.0 Å². The number of amides is 1. The second-order valence-corrected chi connectivity index (χ2v) is 4.71. The molecule has 0 unspecified atom stereocenters. The maximum atomic E-state index is 11.3. The summed E-state index contributed by atoms with van der Waals surface area (Å²) in [4.78, 5) is 15.8. The Kier molecular flexibility index (Phi) is 4.90. The van der Waals surface area contributed by atoms with Crippen LogP contribution in [0.1, 0.15) is 34.2 Å². The van der Waals surface area contributed by atoms with Gasteiger partial charge in [0.2, 0.25) is 0 Å². The highest BCUT2D eigenvalue weighted by molar-refractivity contribution is 5.93. The molecule has 0 spiro atoms. The number of ether oxygens (including phenoxy) is 1. The molecule has 2 rings (SSSR count). The third-order valence-electron chi connectivity index (χ3n) is 3.15. The van der Waals surface area contributed by atoms with Gasteiger partial charge in [-0.25, -0.2) is 5.84 Å². The second-order valence-electron chi connectivity index (χ2n) is 4.71. The molecule has 1 amide bonds. The highest BCUT2D eigenvalue weighted by Gasteiger charge is 2.06. The number of nitrogens with one attached hydrogen (secondary N) is 1. The third kappa shape index (κ3) is 3.79. The van der Waals surface area contributed by atoms with Crippen molar-refractivity contribution in [1.29, 1.82) is 0 Å². The first kappa shape index (κ1) is 15.0. The highest BCUT2D eigenvalue weighted by atomic mass is 16.5. The molecule has 1 aromatic carbocycles. The van der Waals surface area contributed by atoms with Crippen LogP contribution in [0.3, 0.4) is 0 Å². The van der Waals surface area contributed by atoms with Crippen LogP contribution in [0.5, 0.6) is 5.75 Å². The number of hydrazine groups is 1. The van der Waals surface area contributed by atoms with Crippen molar-refractivity contribution in [3.8, 4) is 5.75 Å². The Balaban J connectivity index is 2.05. The lowest BCUT2D eigenvalue weighted by Gasteiger charge is -2.10. The van der Waals surface area contributed by atoms with Crippen LogP contribution in [-0.4, -0.2) is 10.9 Å². The molecule has 0 radical (unpaired) electrons. The molecule has 0 aliphatic carbocycles. The maximum Gasteiger partial charge on any atom is 0.265 e. The number of hydrogen-bond donors (Lipinski definition) is 2. The van der Waals surface area contributed by atoms with Crippen LogP contribution in [-0.2, 0) is 13.0 Å². The molecule has 1 aromatic heterocycles. The van der Waals surface area contributed by atoms with Crippen LogP contribution >= 0.6 is 0 Å². The number of nitrogens with zero attached hydrogens (tertiary/aromatic N) is 1. The Morgan fingerprint density at radius 2 is 1.95 bits per heavy atom. The molecule has 0 fully saturated rings. The number of nitrogen functional groups attached to an aromatic ring is 1. The Morgan fingerprint density at radius 1 is 1.24 bits per heavy atom. The van der Waals surface area contributed by atoms with Crippen molar-refractivity contribution >= 4 is 5.91 Å². The van der Waals surface area contributed by atoms with Gasteiger partial charge in [0.15, 0.2) is 0 Å². The Bertz CT molecular complexity index is 624. The summed E-state index contributed by atoms with van der Waals surface area (Å²) in [6.07, 6.45) is 0.826. The molecule has 0 aliphatic heterocycles. The first-order valence-corrected chi connectivity index (χ1v) is 6.83. The van der Waals surface area contributed by atoms with E-state index in [0.717, 1.165) is 29.1 Å². The molecule has 2 aromatic rings. The number of aryl methyl sites for hydroxylation is 2. The van der Waals surface area contributed by atoms with Crippen molar-refractivity contribution in [3.05, 3.63) is 58.9 Å². The molecule has 21 heavy (non-hydrogen) atoms. The van der Waals surface area contributed by atoms with Crippen molar-refractivity contribution < 1.29 is 9.53 Å². The van der Waals surface area contributed by atoms with Crippen LogP contribution in [0.25, 0.3) is 0 Å². The molecular weight excluding hydrogens is 266 g/mol. The van der Waals surface area contributed by atoms with Crippen molar-refractivity contribution in [1.82, 2.24) is 10.4 Å². The van der Waals surface area contributed by atoms with E-state index in [1.54, 1.807) is 12.1 Å². The molecule has 110 valence electrons. The van der Waals surface area contributed by atoms with Gasteiger partial charge in [0.1, 0.15) is 12.4 Å². The van der Waals surface area contributed by atoms with Gasteiger partial charge in [-0.1, -0.05) is 19.1 Å². The second kappa shape index (κ2) is 6.85. The number of aromatic nitrogens is 1. The molecule has 3 N–H and O–H groups in total. The van der Waals surface area contributed by atoms with Gasteiger partial charge in [-0.15, -0.1) is 0 Å². The molecule has 0 atom stereocenters. The summed E-state index contributed by atoms with van der Waals surface area (Å²) >= 11 is 0. The average Bonchev–Trinajstić information content (AvgIpc) is 2.53. The minimum Gasteiger partial charge on any atom is -0.487 e. The van der Waals surface area contributed by atoms with Crippen LogP contribution in [0.4, 0.5) is 0 Å². The maximum absolute atomic E-state index is 11.3.